The van der Waals surface area contributed by atoms with Gasteiger partial charge >= 0.3 is 0 Å². The average molecular weight is 454 g/mol. The maximum absolute atomic E-state index is 13.2. The number of rotatable bonds is 7. The van der Waals surface area contributed by atoms with Crippen molar-refractivity contribution in [3.63, 3.8) is 0 Å². The van der Waals surface area contributed by atoms with E-state index in [1.54, 1.807) is 17.7 Å². The largest absolute Gasteiger partial charge is 0.494 e. The van der Waals surface area contributed by atoms with Gasteiger partial charge in [0.1, 0.15) is 17.3 Å². The van der Waals surface area contributed by atoms with Crippen molar-refractivity contribution in [2.24, 2.45) is 5.92 Å². The van der Waals surface area contributed by atoms with Gasteiger partial charge in [-0.2, -0.15) is 0 Å². The Hall–Kier alpha value is -2.51. The summed E-state index contributed by atoms with van der Waals surface area (Å²) >= 11 is 4.37. The third-order valence-electron chi connectivity index (χ3n) is 6.04. The predicted octanol–water partition coefficient (Wildman–Crippen LogP) is 4.49. The van der Waals surface area contributed by atoms with E-state index in [1.807, 2.05) is 37.3 Å². The van der Waals surface area contributed by atoms with Gasteiger partial charge in [0, 0.05) is 24.1 Å². The molecule has 1 aliphatic rings. The van der Waals surface area contributed by atoms with E-state index in [-0.39, 0.29) is 5.56 Å². The molecular weight excluding hydrogens is 422 g/mol. The first-order chi connectivity index (χ1) is 15.5. The van der Waals surface area contributed by atoms with Crippen LogP contribution in [0, 0.1) is 12.8 Å². The van der Waals surface area contributed by atoms with Crippen LogP contribution in [-0.2, 0) is 0 Å². The fourth-order valence-electron chi connectivity index (χ4n) is 4.47. The molecule has 2 aromatic carbocycles. The van der Waals surface area contributed by atoms with Gasteiger partial charge in [-0.15, -0.1) is 12.6 Å². The van der Waals surface area contributed by atoms with Crippen LogP contribution in [0.5, 0.6) is 11.5 Å². The summed E-state index contributed by atoms with van der Waals surface area (Å²) in [5.74, 6) is 2.69. The van der Waals surface area contributed by atoms with Gasteiger partial charge < -0.3 is 14.4 Å². The number of likely N-dealkylation sites (tertiary alicyclic amines) is 1. The smallest absolute Gasteiger partial charge is 0.266 e. The highest BCUT2D eigenvalue weighted by molar-refractivity contribution is 7.80. The molecule has 0 radical (unpaired) electrons. The molecule has 32 heavy (non-hydrogen) atoms. The van der Waals surface area contributed by atoms with Gasteiger partial charge in [-0.1, -0.05) is 6.92 Å². The summed E-state index contributed by atoms with van der Waals surface area (Å²) in [5.41, 5.74) is 1.15. The second-order valence-electron chi connectivity index (χ2n) is 8.58. The topological polar surface area (TPSA) is 56.6 Å². The molecule has 6 nitrogen and oxygen atoms in total. The van der Waals surface area contributed by atoms with E-state index in [9.17, 15) is 4.79 Å². The second-order valence-corrected chi connectivity index (χ2v) is 9.10. The fraction of sp³-hybridized carbons (Fsp3) is 0.440. The van der Waals surface area contributed by atoms with E-state index in [4.69, 9.17) is 9.47 Å². The van der Waals surface area contributed by atoms with Crippen LogP contribution >= 0.6 is 12.6 Å². The second kappa shape index (κ2) is 9.96. The minimum absolute atomic E-state index is 0.147. The minimum Gasteiger partial charge on any atom is -0.494 e. The van der Waals surface area contributed by atoms with Crippen LogP contribution in [0.4, 0.5) is 0 Å². The number of aromatic nitrogens is 2. The lowest BCUT2D eigenvalue weighted by Gasteiger charge is -2.30. The number of thiol groups is 1. The lowest BCUT2D eigenvalue weighted by atomic mass is 10.0. The van der Waals surface area contributed by atoms with Crippen molar-refractivity contribution in [2.45, 2.75) is 38.0 Å². The zero-order chi connectivity index (χ0) is 22.7. The summed E-state index contributed by atoms with van der Waals surface area (Å²) in [5, 5.41) is 0.525. The van der Waals surface area contributed by atoms with Crippen molar-refractivity contribution in [1.29, 1.82) is 0 Å². The van der Waals surface area contributed by atoms with E-state index in [0.29, 0.717) is 34.8 Å². The minimum atomic E-state index is -0.147. The Labute approximate surface area is 194 Å². The summed E-state index contributed by atoms with van der Waals surface area (Å²) in [4.78, 5) is 21.1. The fourth-order valence-corrected chi connectivity index (χ4v) is 4.67. The molecule has 0 unspecified atom stereocenters. The van der Waals surface area contributed by atoms with Gasteiger partial charge in [0.05, 0.1) is 30.3 Å². The van der Waals surface area contributed by atoms with Crippen molar-refractivity contribution in [3.05, 3.63) is 52.6 Å². The standard InChI is InChI=1S/C25H31N3O3S/c1-17-6-4-11-27(16-17)12-5-13-31-19-7-10-23(24(14-19)30-3)28-18(2)26-22-9-8-20(32)15-21(22)25(28)29/h7-10,14-15,17,32H,4-6,11-13,16H2,1-3H3/t17-/m0/s1. The Bertz CT molecular complexity index is 1160. The molecule has 7 heteroatoms. The molecule has 0 amide bonds. The molecule has 0 aliphatic carbocycles. The summed E-state index contributed by atoms with van der Waals surface area (Å²) in [7, 11) is 1.60. The van der Waals surface area contributed by atoms with Crippen LogP contribution in [0.2, 0.25) is 0 Å². The highest BCUT2D eigenvalue weighted by Gasteiger charge is 2.17. The first-order valence-electron chi connectivity index (χ1n) is 11.2. The van der Waals surface area contributed by atoms with Crippen LogP contribution in [0.15, 0.2) is 46.1 Å². The van der Waals surface area contributed by atoms with Crippen molar-refractivity contribution in [1.82, 2.24) is 14.5 Å². The molecule has 2 heterocycles. The van der Waals surface area contributed by atoms with Crippen molar-refractivity contribution in [2.75, 3.05) is 33.4 Å². The molecule has 1 aliphatic heterocycles. The molecule has 0 bridgehead atoms. The third kappa shape index (κ3) is 4.94. The number of hydrogen-bond acceptors (Lipinski definition) is 6. The quantitative estimate of drug-likeness (QED) is 0.422. The normalized spacial score (nSPS) is 16.9. The Kier molecular flexibility index (Phi) is 7.06. The first-order valence-corrected chi connectivity index (χ1v) is 11.7. The van der Waals surface area contributed by atoms with E-state index >= 15 is 0 Å². The number of nitrogens with zero attached hydrogens (tertiary/aromatic N) is 3. The molecule has 170 valence electrons. The number of fused-ring (bicyclic) bond motifs is 1. The van der Waals surface area contributed by atoms with Crippen LogP contribution in [0.3, 0.4) is 0 Å². The van der Waals surface area contributed by atoms with E-state index in [1.165, 1.54) is 25.9 Å². The van der Waals surface area contributed by atoms with Gasteiger partial charge in [0.2, 0.25) is 0 Å². The summed E-state index contributed by atoms with van der Waals surface area (Å²) in [6, 6.07) is 11.0. The van der Waals surface area contributed by atoms with Crippen LogP contribution in [-0.4, -0.2) is 47.8 Å². The summed E-state index contributed by atoms with van der Waals surface area (Å²) in [6.07, 6.45) is 3.61. The maximum Gasteiger partial charge on any atom is 0.266 e. The molecule has 4 rings (SSSR count). The predicted molar refractivity (Wildman–Crippen MR) is 131 cm³/mol. The van der Waals surface area contributed by atoms with Crippen LogP contribution in [0.25, 0.3) is 16.6 Å². The lowest BCUT2D eigenvalue weighted by molar-refractivity contribution is 0.170. The van der Waals surface area contributed by atoms with Gasteiger partial charge in [0.25, 0.3) is 5.56 Å². The van der Waals surface area contributed by atoms with Crippen LogP contribution in [0.1, 0.15) is 32.0 Å². The molecule has 1 saturated heterocycles. The van der Waals surface area contributed by atoms with Gasteiger partial charge in [-0.25, -0.2) is 4.98 Å². The molecule has 1 fully saturated rings. The van der Waals surface area contributed by atoms with Gasteiger partial charge in [-0.3, -0.25) is 9.36 Å². The number of methoxy groups -OCH3 is 1. The Morgan fingerprint density at radius 2 is 2.06 bits per heavy atom. The summed E-state index contributed by atoms with van der Waals surface area (Å²) in [6.45, 7) is 8.23. The number of benzene rings is 2. The van der Waals surface area contributed by atoms with E-state index < -0.39 is 0 Å². The van der Waals surface area contributed by atoms with Crippen LogP contribution < -0.4 is 15.0 Å². The number of hydrogen-bond donors (Lipinski definition) is 1. The first kappa shape index (κ1) is 22.7. The number of ether oxygens (including phenoxy) is 2. The number of piperidine rings is 1. The third-order valence-corrected chi connectivity index (χ3v) is 6.32. The van der Waals surface area contributed by atoms with Gasteiger partial charge in [0.15, 0.2) is 0 Å². The molecule has 1 aromatic heterocycles. The summed E-state index contributed by atoms with van der Waals surface area (Å²) < 4.78 is 13.2. The monoisotopic (exact) mass is 453 g/mol. The molecule has 0 spiro atoms. The Balaban J connectivity index is 1.51. The van der Waals surface area contributed by atoms with Crippen molar-refractivity contribution in [3.8, 4) is 17.2 Å². The average Bonchev–Trinajstić information content (AvgIpc) is 2.78. The maximum atomic E-state index is 13.2. The zero-order valence-corrected chi connectivity index (χ0v) is 19.9. The zero-order valence-electron chi connectivity index (χ0n) is 19.0. The lowest BCUT2D eigenvalue weighted by Crippen LogP contribution is -2.35. The molecule has 3 aromatic rings. The van der Waals surface area contributed by atoms with E-state index in [0.717, 1.165) is 29.5 Å². The van der Waals surface area contributed by atoms with Crippen molar-refractivity contribution >= 4 is 23.5 Å². The Morgan fingerprint density at radius 3 is 2.84 bits per heavy atom. The Morgan fingerprint density at radius 1 is 1.22 bits per heavy atom. The molecular formula is C25H31N3O3S. The van der Waals surface area contributed by atoms with Gasteiger partial charge in [-0.05, 0) is 69.0 Å². The SMILES string of the molecule is COc1cc(OCCCN2CCC[C@H](C)C2)ccc1-n1c(C)nc2ccc(S)cc2c1=O. The number of aryl methyl sites for hydroxylation is 1. The highest BCUT2D eigenvalue weighted by Crippen LogP contribution is 2.28. The van der Waals surface area contributed by atoms with E-state index in [2.05, 4.69) is 29.4 Å². The van der Waals surface area contributed by atoms with Crippen molar-refractivity contribution < 1.29 is 9.47 Å². The molecule has 0 N–H and O–H groups in total. The molecule has 0 saturated carbocycles. The molecule has 1 atom stereocenters. The highest BCUT2D eigenvalue weighted by atomic mass is 32.1.